The van der Waals surface area contributed by atoms with Gasteiger partial charge in [0.2, 0.25) is 11.8 Å². The summed E-state index contributed by atoms with van der Waals surface area (Å²) in [6, 6.07) is 6.45. The SMILES string of the molecule is CC(C)C1NC(=O)CN(c2ccc(Cl)cc2)C1=O. The average molecular weight is 267 g/mol. The average Bonchev–Trinajstić information content (AvgIpc) is 2.32. The highest BCUT2D eigenvalue weighted by Gasteiger charge is 2.35. The lowest BCUT2D eigenvalue weighted by molar-refractivity contribution is -0.132. The van der Waals surface area contributed by atoms with Gasteiger partial charge in [-0.15, -0.1) is 0 Å². The van der Waals surface area contributed by atoms with Crippen molar-refractivity contribution in [1.82, 2.24) is 5.32 Å². The van der Waals surface area contributed by atoms with Crippen LogP contribution in [0.2, 0.25) is 5.02 Å². The van der Waals surface area contributed by atoms with Crippen molar-refractivity contribution in [1.29, 1.82) is 0 Å². The monoisotopic (exact) mass is 266 g/mol. The Balaban J connectivity index is 2.28. The number of nitrogens with one attached hydrogen (secondary N) is 1. The van der Waals surface area contributed by atoms with Crippen LogP contribution in [0, 0.1) is 5.92 Å². The third kappa shape index (κ3) is 2.48. The number of carbonyl (C=O) groups is 2. The summed E-state index contributed by atoms with van der Waals surface area (Å²) in [7, 11) is 0. The van der Waals surface area contributed by atoms with E-state index in [-0.39, 0.29) is 24.3 Å². The lowest BCUT2D eigenvalue weighted by Gasteiger charge is -2.34. The van der Waals surface area contributed by atoms with Crippen molar-refractivity contribution in [2.45, 2.75) is 19.9 Å². The molecule has 4 nitrogen and oxygen atoms in total. The smallest absolute Gasteiger partial charge is 0.250 e. The minimum Gasteiger partial charge on any atom is -0.342 e. The zero-order valence-electron chi connectivity index (χ0n) is 10.3. The molecule has 0 spiro atoms. The molecule has 1 heterocycles. The van der Waals surface area contributed by atoms with E-state index in [1.54, 1.807) is 24.3 Å². The summed E-state index contributed by atoms with van der Waals surface area (Å²) in [5.41, 5.74) is 0.699. The first kappa shape index (κ1) is 12.9. The summed E-state index contributed by atoms with van der Waals surface area (Å²) in [6.45, 7) is 3.88. The number of nitrogens with zero attached hydrogens (tertiary/aromatic N) is 1. The lowest BCUT2D eigenvalue weighted by atomic mass is 10.0. The Kier molecular flexibility index (Phi) is 3.57. The summed E-state index contributed by atoms with van der Waals surface area (Å²) in [4.78, 5) is 25.4. The predicted octanol–water partition coefficient (Wildman–Crippen LogP) is 1.83. The Hall–Kier alpha value is -1.55. The third-order valence-electron chi connectivity index (χ3n) is 2.96. The standard InChI is InChI=1S/C13H15ClN2O2/c1-8(2)12-13(18)16(7-11(17)15-12)10-5-3-9(14)4-6-10/h3-6,8,12H,7H2,1-2H3,(H,15,17). The van der Waals surface area contributed by atoms with E-state index in [2.05, 4.69) is 5.32 Å². The quantitative estimate of drug-likeness (QED) is 0.888. The van der Waals surface area contributed by atoms with Crippen LogP contribution in [0.1, 0.15) is 13.8 Å². The van der Waals surface area contributed by atoms with Gasteiger partial charge in [0.05, 0.1) is 0 Å². The highest BCUT2D eigenvalue weighted by atomic mass is 35.5. The molecule has 1 aromatic carbocycles. The van der Waals surface area contributed by atoms with Crippen molar-refractivity contribution in [2.24, 2.45) is 5.92 Å². The van der Waals surface area contributed by atoms with Crippen molar-refractivity contribution < 1.29 is 9.59 Å². The largest absolute Gasteiger partial charge is 0.342 e. The van der Waals surface area contributed by atoms with Gasteiger partial charge in [-0.25, -0.2) is 0 Å². The van der Waals surface area contributed by atoms with Crippen molar-refractivity contribution in [3.63, 3.8) is 0 Å². The molecule has 2 amide bonds. The van der Waals surface area contributed by atoms with Crippen LogP contribution in [-0.2, 0) is 9.59 Å². The van der Waals surface area contributed by atoms with Crippen LogP contribution in [0.5, 0.6) is 0 Å². The normalized spacial score (nSPS) is 20.2. The fourth-order valence-corrected chi connectivity index (χ4v) is 2.09. The Morgan fingerprint density at radius 2 is 1.89 bits per heavy atom. The molecule has 1 saturated heterocycles. The van der Waals surface area contributed by atoms with Crippen LogP contribution in [0.25, 0.3) is 0 Å². The van der Waals surface area contributed by atoms with Crippen LogP contribution in [0.3, 0.4) is 0 Å². The number of hydrogen-bond acceptors (Lipinski definition) is 2. The summed E-state index contributed by atoms with van der Waals surface area (Å²) in [5, 5.41) is 3.33. The molecule has 1 aliphatic heterocycles. The molecule has 1 unspecified atom stereocenters. The number of halogens is 1. The van der Waals surface area contributed by atoms with Crippen molar-refractivity contribution in [3.05, 3.63) is 29.3 Å². The van der Waals surface area contributed by atoms with Crippen LogP contribution in [0.4, 0.5) is 5.69 Å². The van der Waals surface area contributed by atoms with Gasteiger partial charge in [0.25, 0.3) is 0 Å². The Bertz CT molecular complexity index is 470. The van der Waals surface area contributed by atoms with E-state index in [1.807, 2.05) is 13.8 Å². The Morgan fingerprint density at radius 1 is 1.28 bits per heavy atom. The van der Waals surface area contributed by atoms with E-state index < -0.39 is 6.04 Å². The Morgan fingerprint density at radius 3 is 2.44 bits per heavy atom. The van der Waals surface area contributed by atoms with Crippen molar-refractivity contribution >= 4 is 29.1 Å². The molecule has 1 atom stereocenters. The van der Waals surface area contributed by atoms with E-state index in [1.165, 1.54) is 4.90 Å². The number of hydrogen-bond donors (Lipinski definition) is 1. The van der Waals surface area contributed by atoms with Crippen molar-refractivity contribution in [2.75, 3.05) is 11.4 Å². The number of anilines is 1. The zero-order chi connectivity index (χ0) is 13.3. The highest BCUT2D eigenvalue weighted by Crippen LogP contribution is 2.21. The zero-order valence-corrected chi connectivity index (χ0v) is 11.1. The maximum Gasteiger partial charge on any atom is 0.250 e. The molecule has 2 rings (SSSR count). The molecule has 0 saturated carbocycles. The molecule has 96 valence electrons. The second-order valence-electron chi connectivity index (χ2n) is 4.69. The molecule has 0 radical (unpaired) electrons. The number of rotatable bonds is 2. The third-order valence-corrected chi connectivity index (χ3v) is 3.21. The van der Waals surface area contributed by atoms with Crippen molar-refractivity contribution in [3.8, 4) is 0 Å². The van der Waals surface area contributed by atoms with Gasteiger partial charge < -0.3 is 10.2 Å². The van der Waals surface area contributed by atoms with Crippen LogP contribution in [0.15, 0.2) is 24.3 Å². The molecule has 18 heavy (non-hydrogen) atoms. The molecule has 1 fully saturated rings. The molecule has 1 aliphatic rings. The number of carbonyl (C=O) groups excluding carboxylic acids is 2. The molecule has 0 aliphatic carbocycles. The molecule has 1 aromatic rings. The summed E-state index contributed by atoms with van der Waals surface area (Å²) >= 11 is 5.81. The number of piperazine rings is 1. The minimum absolute atomic E-state index is 0.0592. The van der Waals surface area contributed by atoms with Gasteiger partial charge >= 0.3 is 0 Å². The molecule has 0 bridgehead atoms. The molecular formula is C13H15ClN2O2. The van der Waals surface area contributed by atoms with Gasteiger partial charge in [-0.1, -0.05) is 25.4 Å². The Labute approximate surface area is 111 Å². The van der Waals surface area contributed by atoms with Gasteiger partial charge in [0.1, 0.15) is 12.6 Å². The van der Waals surface area contributed by atoms with Gasteiger partial charge in [0, 0.05) is 10.7 Å². The first-order chi connectivity index (χ1) is 8.49. The van der Waals surface area contributed by atoms with Crippen LogP contribution < -0.4 is 10.2 Å². The highest BCUT2D eigenvalue weighted by molar-refractivity contribution is 6.30. The maximum atomic E-state index is 12.3. The van der Waals surface area contributed by atoms with E-state index in [4.69, 9.17) is 11.6 Å². The fourth-order valence-electron chi connectivity index (χ4n) is 1.96. The predicted molar refractivity (Wildman–Crippen MR) is 70.6 cm³/mol. The van der Waals surface area contributed by atoms with Gasteiger partial charge in [0.15, 0.2) is 0 Å². The van der Waals surface area contributed by atoms with Gasteiger partial charge in [-0.05, 0) is 30.2 Å². The topological polar surface area (TPSA) is 49.4 Å². The summed E-state index contributed by atoms with van der Waals surface area (Å²) in [6.07, 6.45) is 0. The molecular weight excluding hydrogens is 252 g/mol. The van der Waals surface area contributed by atoms with Gasteiger partial charge in [-0.2, -0.15) is 0 Å². The van der Waals surface area contributed by atoms with Crippen LogP contribution >= 0.6 is 11.6 Å². The fraction of sp³-hybridized carbons (Fsp3) is 0.385. The summed E-state index contributed by atoms with van der Waals surface area (Å²) in [5.74, 6) is -0.147. The van der Waals surface area contributed by atoms with Crippen LogP contribution in [-0.4, -0.2) is 24.4 Å². The summed E-state index contributed by atoms with van der Waals surface area (Å²) < 4.78 is 0. The second kappa shape index (κ2) is 4.98. The van der Waals surface area contributed by atoms with Gasteiger partial charge in [-0.3, -0.25) is 9.59 Å². The lowest BCUT2D eigenvalue weighted by Crippen LogP contribution is -2.60. The molecule has 0 aromatic heterocycles. The van der Waals surface area contributed by atoms with E-state index in [0.717, 1.165) is 0 Å². The maximum absolute atomic E-state index is 12.3. The van der Waals surface area contributed by atoms with E-state index in [9.17, 15) is 9.59 Å². The molecule has 5 heteroatoms. The number of amides is 2. The van der Waals surface area contributed by atoms with E-state index in [0.29, 0.717) is 10.7 Å². The first-order valence-corrected chi connectivity index (χ1v) is 6.23. The first-order valence-electron chi connectivity index (χ1n) is 5.85. The number of benzene rings is 1. The molecule has 1 N–H and O–H groups in total. The second-order valence-corrected chi connectivity index (χ2v) is 5.13. The van der Waals surface area contributed by atoms with E-state index >= 15 is 0 Å². The minimum atomic E-state index is -0.457.